The quantitative estimate of drug-likeness (QED) is 0.540. The van der Waals surface area contributed by atoms with Gasteiger partial charge in [-0.2, -0.15) is 5.26 Å². The van der Waals surface area contributed by atoms with Crippen LogP contribution in [0, 0.1) is 21.4 Å². The van der Waals surface area contributed by atoms with Crippen LogP contribution in [0.4, 0.5) is 16.5 Å². The Morgan fingerprint density at radius 1 is 1.21 bits per heavy atom. The molecule has 1 N–H and O–H groups in total. The molecule has 24 heavy (non-hydrogen) atoms. The predicted octanol–water partition coefficient (Wildman–Crippen LogP) is 4.21. The van der Waals surface area contributed by atoms with Gasteiger partial charge in [0.15, 0.2) is 4.34 Å². The number of nitrogens with one attached hydrogen (secondary N) is 1. The molecule has 1 heterocycles. The molecule has 1 aromatic heterocycles. The molecule has 0 saturated heterocycles. The van der Waals surface area contributed by atoms with E-state index in [0.717, 1.165) is 5.69 Å². The predicted molar refractivity (Wildman–Crippen MR) is 91.6 cm³/mol. The van der Waals surface area contributed by atoms with E-state index in [-0.39, 0.29) is 11.3 Å². The molecule has 118 valence electrons. The minimum Gasteiger partial charge on any atom is -0.330 e. The van der Waals surface area contributed by atoms with Gasteiger partial charge in [0.1, 0.15) is 6.07 Å². The van der Waals surface area contributed by atoms with Crippen LogP contribution < -0.4 is 5.32 Å². The summed E-state index contributed by atoms with van der Waals surface area (Å²) in [5, 5.41) is 31.8. The summed E-state index contributed by atoms with van der Waals surface area (Å²) in [4.78, 5) is 10.9. The van der Waals surface area contributed by atoms with Crippen molar-refractivity contribution in [2.75, 3.05) is 5.32 Å². The molecule has 0 unspecified atom stereocenters. The summed E-state index contributed by atoms with van der Waals surface area (Å²) in [6, 6.07) is 15.7. The molecule has 3 aromatic rings. The van der Waals surface area contributed by atoms with Crippen molar-refractivity contribution in [2.45, 2.75) is 9.24 Å². The summed E-state index contributed by atoms with van der Waals surface area (Å²) in [6.45, 7) is 0. The molecule has 0 atom stereocenters. The second kappa shape index (κ2) is 7.08. The Kier molecular flexibility index (Phi) is 4.69. The van der Waals surface area contributed by atoms with Crippen LogP contribution in [0.2, 0.25) is 0 Å². The third kappa shape index (κ3) is 3.68. The first-order valence-corrected chi connectivity index (χ1v) is 8.31. The normalized spacial score (nSPS) is 10.1. The van der Waals surface area contributed by atoms with Crippen LogP contribution in [-0.4, -0.2) is 15.1 Å². The maximum absolute atomic E-state index is 10.8. The lowest BCUT2D eigenvalue weighted by Gasteiger charge is -2.01. The lowest BCUT2D eigenvalue weighted by atomic mass is 10.2. The van der Waals surface area contributed by atoms with Crippen molar-refractivity contribution in [3.05, 3.63) is 64.2 Å². The molecule has 0 saturated carbocycles. The molecular weight excluding hydrogens is 346 g/mol. The second-order valence-corrected chi connectivity index (χ2v) is 6.78. The van der Waals surface area contributed by atoms with Crippen molar-refractivity contribution < 1.29 is 4.92 Å². The minimum absolute atomic E-state index is 0.111. The number of hydrogen-bond acceptors (Lipinski definition) is 8. The summed E-state index contributed by atoms with van der Waals surface area (Å²) < 4.78 is 0.638. The Morgan fingerprint density at radius 3 is 2.71 bits per heavy atom. The highest BCUT2D eigenvalue weighted by Crippen LogP contribution is 2.35. The Hall–Kier alpha value is -2.96. The molecule has 9 heteroatoms. The molecule has 0 radical (unpaired) electrons. The van der Waals surface area contributed by atoms with Gasteiger partial charge >= 0.3 is 0 Å². The number of nitro groups is 1. The van der Waals surface area contributed by atoms with Crippen molar-refractivity contribution in [2.24, 2.45) is 0 Å². The van der Waals surface area contributed by atoms with Crippen molar-refractivity contribution in [1.82, 2.24) is 10.2 Å². The second-order valence-electron chi connectivity index (χ2n) is 4.52. The average Bonchev–Trinajstić information content (AvgIpc) is 3.03. The number of nitro benzene ring substituents is 1. The molecule has 0 aliphatic carbocycles. The largest absolute Gasteiger partial charge is 0.330 e. The Morgan fingerprint density at radius 2 is 2.00 bits per heavy atom. The first-order chi connectivity index (χ1) is 11.7. The number of nitrogens with zero attached hydrogens (tertiary/aromatic N) is 4. The van der Waals surface area contributed by atoms with E-state index < -0.39 is 4.92 Å². The van der Waals surface area contributed by atoms with Crippen LogP contribution in [0.3, 0.4) is 0 Å². The zero-order chi connectivity index (χ0) is 16.9. The number of rotatable bonds is 5. The third-order valence-electron chi connectivity index (χ3n) is 2.92. The summed E-state index contributed by atoms with van der Waals surface area (Å²) in [6.07, 6.45) is 0. The van der Waals surface area contributed by atoms with Gasteiger partial charge in [-0.25, -0.2) is 0 Å². The van der Waals surface area contributed by atoms with Gasteiger partial charge in [-0.05, 0) is 18.2 Å². The van der Waals surface area contributed by atoms with Crippen LogP contribution in [0.5, 0.6) is 0 Å². The van der Waals surface area contributed by atoms with Gasteiger partial charge in [-0.3, -0.25) is 10.1 Å². The van der Waals surface area contributed by atoms with E-state index in [9.17, 15) is 15.4 Å². The van der Waals surface area contributed by atoms with Gasteiger partial charge < -0.3 is 5.32 Å². The topological polar surface area (TPSA) is 105 Å². The molecule has 2 aromatic carbocycles. The molecule has 0 spiro atoms. The number of aromatic nitrogens is 2. The van der Waals surface area contributed by atoms with Crippen molar-refractivity contribution >= 4 is 39.6 Å². The fraction of sp³-hybridized carbons (Fsp3) is 0. The Bertz CT molecular complexity index is 921. The minimum atomic E-state index is -0.526. The van der Waals surface area contributed by atoms with Gasteiger partial charge in [0.2, 0.25) is 5.13 Å². The van der Waals surface area contributed by atoms with Gasteiger partial charge in [-0.1, -0.05) is 41.3 Å². The first-order valence-electron chi connectivity index (χ1n) is 6.67. The first kappa shape index (κ1) is 15.9. The van der Waals surface area contributed by atoms with Crippen molar-refractivity contribution in [3.63, 3.8) is 0 Å². The number of nitriles is 1. The zero-order valence-electron chi connectivity index (χ0n) is 12.0. The van der Waals surface area contributed by atoms with Crippen LogP contribution in [-0.2, 0) is 0 Å². The van der Waals surface area contributed by atoms with E-state index in [0.29, 0.717) is 14.4 Å². The zero-order valence-corrected chi connectivity index (χ0v) is 13.7. The smallest absolute Gasteiger partial charge is 0.270 e. The highest BCUT2D eigenvalue weighted by Gasteiger charge is 2.14. The van der Waals surface area contributed by atoms with E-state index in [1.54, 1.807) is 6.07 Å². The van der Waals surface area contributed by atoms with Crippen LogP contribution >= 0.6 is 23.1 Å². The number of benzene rings is 2. The monoisotopic (exact) mass is 355 g/mol. The summed E-state index contributed by atoms with van der Waals surface area (Å²) in [5.74, 6) is 0. The Labute approximate surface area is 145 Å². The van der Waals surface area contributed by atoms with Gasteiger partial charge in [0.25, 0.3) is 5.69 Å². The van der Waals surface area contributed by atoms with E-state index >= 15 is 0 Å². The summed E-state index contributed by atoms with van der Waals surface area (Å²) in [7, 11) is 0. The molecule has 0 amide bonds. The van der Waals surface area contributed by atoms with E-state index in [1.165, 1.54) is 35.2 Å². The molecule has 0 aliphatic rings. The molecule has 3 rings (SSSR count). The fourth-order valence-corrected chi connectivity index (χ4v) is 3.64. The number of para-hydroxylation sites is 1. The van der Waals surface area contributed by atoms with Crippen LogP contribution in [0.15, 0.2) is 57.8 Å². The lowest BCUT2D eigenvalue weighted by Crippen LogP contribution is -1.90. The van der Waals surface area contributed by atoms with Crippen LogP contribution in [0.25, 0.3) is 0 Å². The standard InChI is InChI=1S/C15H9N5O2S2/c16-9-10-8-12(20(21)22)6-7-13(10)23-15-19-18-14(24-15)17-11-4-2-1-3-5-11/h1-8H,(H,17,18). The molecule has 7 nitrogen and oxygen atoms in total. The third-order valence-corrected chi connectivity index (χ3v) is 4.89. The summed E-state index contributed by atoms with van der Waals surface area (Å²) >= 11 is 2.59. The van der Waals surface area contributed by atoms with Crippen LogP contribution in [0.1, 0.15) is 5.56 Å². The van der Waals surface area contributed by atoms with Gasteiger partial charge in [-0.15, -0.1) is 10.2 Å². The van der Waals surface area contributed by atoms with Crippen molar-refractivity contribution in [1.29, 1.82) is 5.26 Å². The lowest BCUT2D eigenvalue weighted by molar-refractivity contribution is -0.384. The highest BCUT2D eigenvalue weighted by molar-refractivity contribution is 8.01. The van der Waals surface area contributed by atoms with E-state index in [2.05, 4.69) is 15.5 Å². The SMILES string of the molecule is N#Cc1cc([N+](=O)[O-])ccc1Sc1nnc(Nc2ccccc2)s1. The molecule has 0 bridgehead atoms. The average molecular weight is 355 g/mol. The molecule has 0 aliphatic heterocycles. The summed E-state index contributed by atoms with van der Waals surface area (Å²) in [5.41, 5.74) is 1.03. The fourth-order valence-electron chi connectivity index (χ4n) is 1.85. The van der Waals surface area contributed by atoms with Gasteiger partial charge in [0.05, 0.1) is 10.5 Å². The highest BCUT2D eigenvalue weighted by atomic mass is 32.2. The number of hydrogen-bond donors (Lipinski definition) is 1. The van der Waals surface area contributed by atoms with Gasteiger partial charge in [0, 0.05) is 22.7 Å². The van der Waals surface area contributed by atoms with E-state index in [1.807, 2.05) is 36.4 Å². The maximum atomic E-state index is 10.8. The Balaban J connectivity index is 1.78. The number of non-ortho nitro benzene ring substituents is 1. The van der Waals surface area contributed by atoms with E-state index in [4.69, 9.17) is 0 Å². The number of anilines is 2. The molecular formula is C15H9N5O2S2. The van der Waals surface area contributed by atoms with Crippen molar-refractivity contribution in [3.8, 4) is 6.07 Å². The maximum Gasteiger partial charge on any atom is 0.270 e. The molecule has 0 fully saturated rings.